The predicted molar refractivity (Wildman–Crippen MR) is 53.4 cm³/mol. The molecule has 1 rings (SSSR count). The van der Waals surface area contributed by atoms with Gasteiger partial charge in [0.2, 0.25) is 0 Å². The average molecular weight is 277 g/mol. The van der Waals surface area contributed by atoms with Crippen molar-refractivity contribution in [1.82, 2.24) is 14.8 Å². The van der Waals surface area contributed by atoms with E-state index in [1.54, 1.807) is 0 Å². The van der Waals surface area contributed by atoms with Crippen LogP contribution in [0.5, 0.6) is 0 Å². The van der Waals surface area contributed by atoms with Crippen LogP contribution >= 0.6 is 0 Å². The van der Waals surface area contributed by atoms with Gasteiger partial charge in [0.15, 0.2) is 0 Å². The summed E-state index contributed by atoms with van der Waals surface area (Å²) in [5.41, 5.74) is -1.24. The number of hydrogen-bond donors (Lipinski definition) is 4. The number of hydrogen-bond acceptors (Lipinski definition) is 4. The predicted octanol–water partition coefficient (Wildman–Crippen LogP) is -1.30. The van der Waals surface area contributed by atoms with E-state index < -0.39 is 28.5 Å². The van der Waals surface area contributed by atoms with Gasteiger partial charge in [0, 0.05) is 13.1 Å². The number of aliphatic hydroxyl groups is 1. The summed E-state index contributed by atoms with van der Waals surface area (Å²) in [5.74, 6) is 0. The van der Waals surface area contributed by atoms with Crippen LogP contribution in [0.3, 0.4) is 0 Å². The Morgan fingerprint density at radius 3 is 2.47 bits per heavy atom. The van der Waals surface area contributed by atoms with Gasteiger partial charge in [0.05, 0.1) is 5.60 Å². The SMILES string of the molecule is O=S(=O)(NCC(F)(F)F)NCC1(O)CCNC1. The molecule has 10 heteroatoms. The second kappa shape index (κ2) is 5.06. The summed E-state index contributed by atoms with van der Waals surface area (Å²) in [6.45, 7) is -1.23. The van der Waals surface area contributed by atoms with E-state index in [0.717, 1.165) is 0 Å². The van der Waals surface area contributed by atoms with E-state index in [4.69, 9.17) is 0 Å². The highest BCUT2D eigenvalue weighted by atomic mass is 32.2. The Kier molecular flexibility index (Phi) is 4.36. The molecule has 0 saturated carbocycles. The molecule has 1 unspecified atom stereocenters. The third-order valence-electron chi connectivity index (χ3n) is 2.28. The van der Waals surface area contributed by atoms with Crippen molar-refractivity contribution in [3.05, 3.63) is 0 Å². The maximum absolute atomic E-state index is 11.8. The molecule has 0 bridgehead atoms. The van der Waals surface area contributed by atoms with Crippen LogP contribution in [-0.4, -0.2) is 51.5 Å². The Labute approximate surface area is 96.8 Å². The molecular formula is C7H14F3N3O3S. The summed E-state index contributed by atoms with van der Waals surface area (Å²) in [4.78, 5) is 0. The lowest BCUT2D eigenvalue weighted by Gasteiger charge is -2.21. The molecule has 1 fully saturated rings. The van der Waals surface area contributed by atoms with Crippen molar-refractivity contribution >= 4 is 10.2 Å². The first-order valence-corrected chi connectivity index (χ1v) is 6.34. The van der Waals surface area contributed by atoms with Gasteiger partial charge in [-0.1, -0.05) is 0 Å². The molecule has 0 amide bonds. The molecule has 1 saturated heterocycles. The Bertz CT molecular complexity index is 351. The highest BCUT2D eigenvalue weighted by Gasteiger charge is 2.33. The van der Waals surface area contributed by atoms with Crippen LogP contribution < -0.4 is 14.8 Å². The maximum Gasteiger partial charge on any atom is 0.402 e. The van der Waals surface area contributed by atoms with Crippen LogP contribution in [0, 0.1) is 0 Å². The van der Waals surface area contributed by atoms with Gasteiger partial charge in [-0.15, -0.1) is 0 Å². The molecule has 0 aliphatic carbocycles. The molecule has 102 valence electrons. The van der Waals surface area contributed by atoms with Gasteiger partial charge in [-0.2, -0.15) is 31.0 Å². The van der Waals surface area contributed by atoms with Crippen molar-refractivity contribution in [2.45, 2.75) is 18.2 Å². The minimum absolute atomic E-state index is 0.203. The number of rotatable bonds is 5. The molecule has 0 radical (unpaired) electrons. The van der Waals surface area contributed by atoms with Gasteiger partial charge < -0.3 is 10.4 Å². The molecule has 1 heterocycles. The highest BCUT2D eigenvalue weighted by molar-refractivity contribution is 7.87. The molecular weight excluding hydrogens is 263 g/mol. The van der Waals surface area contributed by atoms with Crippen LogP contribution in [0.15, 0.2) is 0 Å². The monoisotopic (exact) mass is 277 g/mol. The third kappa shape index (κ3) is 5.64. The first kappa shape index (κ1) is 14.6. The molecule has 4 N–H and O–H groups in total. The topological polar surface area (TPSA) is 90.5 Å². The first-order valence-electron chi connectivity index (χ1n) is 4.86. The summed E-state index contributed by atoms with van der Waals surface area (Å²) in [6, 6.07) is 0. The lowest BCUT2D eigenvalue weighted by Crippen LogP contribution is -2.49. The molecule has 6 nitrogen and oxygen atoms in total. The zero-order valence-corrected chi connectivity index (χ0v) is 9.66. The smallest absolute Gasteiger partial charge is 0.387 e. The molecule has 1 atom stereocenters. The van der Waals surface area contributed by atoms with E-state index in [1.165, 1.54) is 4.72 Å². The summed E-state index contributed by atoms with van der Waals surface area (Å²) in [7, 11) is -4.25. The van der Waals surface area contributed by atoms with Crippen LogP contribution in [-0.2, 0) is 10.2 Å². The van der Waals surface area contributed by atoms with Crippen molar-refractivity contribution in [3.63, 3.8) is 0 Å². The first-order chi connectivity index (χ1) is 7.62. The number of β-amino-alcohol motifs (C(OH)–C–C–N with tert-alkyl or cyclic N) is 1. The van der Waals surface area contributed by atoms with Gasteiger partial charge in [0.25, 0.3) is 10.2 Å². The molecule has 1 aliphatic heterocycles. The maximum atomic E-state index is 11.8. The van der Waals surface area contributed by atoms with Gasteiger partial charge >= 0.3 is 6.18 Å². The van der Waals surface area contributed by atoms with E-state index in [-0.39, 0.29) is 13.1 Å². The molecule has 0 aromatic rings. The molecule has 0 spiro atoms. The fourth-order valence-corrected chi connectivity index (χ4v) is 2.25. The standard InChI is InChI=1S/C7H14F3N3O3S/c8-7(9,10)5-13-17(15,16)12-4-6(14)1-2-11-3-6/h11-14H,1-5H2. The fourth-order valence-electron chi connectivity index (χ4n) is 1.34. The average Bonchev–Trinajstić information content (AvgIpc) is 2.60. The molecule has 0 aromatic heterocycles. The van der Waals surface area contributed by atoms with Crippen molar-refractivity contribution in [1.29, 1.82) is 0 Å². The van der Waals surface area contributed by atoms with Crippen LogP contribution in [0.1, 0.15) is 6.42 Å². The van der Waals surface area contributed by atoms with Crippen molar-refractivity contribution in [2.24, 2.45) is 0 Å². The van der Waals surface area contributed by atoms with Crippen LogP contribution in [0.25, 0.3) is 0 Å². The van der Waals surface area contributed by atoms with E-state index in [9.17, 15) is 26.7 Å². The summed E-state index contributed by atoms with van der Waals surface area (Å²) in [5, 5.41) is 12.6. The molecule has 1 aliphatic rings. The Balaban J connectivity index is 2.39. The largest absolute Gasteiger partial charge is 0.402 e. The van der Waals surface area contributed by atoms with Crippen molar-refractivity contribution in [2.75, 3.05) is 26.2 Å². The molecule has 0 aromatic carbocycles. The summed E-state index contributed by atoms with van der Waals surface area (Å²) < 4.78 is 60.8. The Morgan fingerprint density at radius 1 is 1.35 bits per heavy atom. The summed E-state index contributed by atoms with van der Waals surface area (Å²) in [6.07, 6.45) is -4.27. The van der Waals surface area contributed by atoms with Crippen LogP contribution in [0.4, 0.5) is 13.2 Å². The van der Waals surface area contributed by atoms with Gasteiger partial charge in [0.1, 0.15) is 6.54 Å². The van der Waals surface area contributed by atoms with E-state index in [0.29, 0.717) is 13.0 Å². The highest BCUT2D eigenvalue weighted by Crippen LogP contribution is 2.14. The van der Waals surface area contributed by atoms with E-state index in [2.05, 4.69) is 5.32 Å². The van der Waals surface area contributed by atoms with Gasteiger partial charge in [-0.25, -0.2) is 0 Å². The lowest BCUT2D eigenvalue weighted by atomic mass is 10.1. The van der Waals surface area contributed by atoms with Gasteiger partial charge in [-0.05, 0) is 13.0 Å². The number of nitrogens with one attached hydrogen (secondary N) is 3. The lowest BCUT2D eigenvalue weighted by molar-refractivity contribution is -0.121. The molecule has 17 heavy (non-hydrogen) atoms. The zero-order chi connectivity index (χ0) is 13.2. The second-order valence-electron chi connectivity index (χ2n) is 3.91. The minimum atomic E-state index is -4.61. The number of halogens is 3. The van der Waals surface area contributed by atoms with Crippen LogP contribution in [0.2, 0.25) is 0 Å². The van der Waals surface area contributed by atoms with Crippen molar-refractivity contribution in [3.8, 4) is 0 Å². The van der Waals surface area contributed by atoms with E-state index >= 15 is 0 Å². The van der Waals surface area contributed by atoms with E-state index in [1.807, 2.05) is 4.72 Å². The number of alkyl halides is 3. The summed E-state index contributed by atoms with van der Waals surface area (Å²) >= 11 is 0. The zero-order valence-electron chi connectivity index (χ0n) is 8.84. The Morgan fingerprint density at radius 2 is 2.00 bits per heavy atom. The minimum Gasteiger partial charge on any atom is -0.387 e. The van der Waals surface area contributed by atoms with Gasteiger partial charge in [-0.3, -0.25) is 0 Å². The normalized spacial score (nSPS) is 26.4. The van der Waals surface area contributed by atoms with Crippen molar-refractivity contribution < 1.29 is 26.7 Å². The second-order valence-corrected chi connectivity index (χ2v) is 5.50. The Hall–Kier alpha value is -0.420. The fraction of sp³-hybridized carbons (Fsp3) is 1.00. The third-order valence-corrected chi connectivity index (χ3v) is 3.32. The quantitative estimate of drug-likeness (QED) is 0.502.